The molecule has 1 aromatic rings. The van der Waals surface area contributed by atoms with Gasteiger partial charge in [-0.1, -0.05) is 33.6 Å². The highest BCUT2D eigenvalue weighted by molar-refractivity contribution is 9.09. The van der Waals surface area contributed by atoms with Gasteiger partial charge in [-0.2, -0.15) is 0 Å². The van der Waals surface area contributed by atoms with Crippen molar-refractivity contribution in [2.45, 2.75) is 13.0 Å². The maximum absolute atomic E-state index is 13.0. The molecule has 0 aromatic heterocycles. The van der Waals surface area contributed by atoms with E-state index in [-0.39, 0.29) is 10.8 Å². The van der Waals surface area contributed by atoms with Crippen LogP contribution in [0.25, 0.3) is 0 Å². The Hall–Kier alpha value is -0.120. The van der Waals surface area contributed by atoms with E-state index in [4.69, 9.17) is 11.6 Å². The smallest absolute Gasteiger partial charge is 0.142 e. The standard InChI is InChI=1S/C10H12BrClFN/c11-4-1-5-14-7-8-2-3-9(12)10(13)6-8/h2-3,6,14H,1,4-5,7H2. The average Bonchev–Trinajstić information content (AvgIpc) is 2.18. The predicted molar refractivity (Wildman–Crippen MR) is 61.5 cm³/mol. The second-order valence-corrected chi connectivity index (χ2v) is 4.17. The van der Waals surface area contributed by atoms with Gasteiger partial charge >= 0.3 is 0 Å². The van der Waals surface area contributed by atoms with Gasteiger partial charge in [-0.15, -0.1) is 0 Å². The molecule has 0 saturated carbocycles. The molecule has 0 radical (unpaired) electrons. The third kappa shape index (κ3) is 3.95. The Morgan fingerprint density at radius 2 is 2.21 bits per heavy atom. The topological polar surface area (TPSA) is 12.0 Å². The Bertz CT molecular complexity index is 293. The van der Waals surface area contributed by atoms with Gasteiger partial charge in [-0.25, -0.2) is 4.39 Å². The monoisotopic (exact) mass is 279 g/mol. The SMILES string of the molecule is Fc1cc(CNCCCBr)ccc1Cl. The minimum atomic E-state index is -0.355. The van der Waals surface area contributed by atoms with Crippen molar-refractivity contribution >= 4 is 27.5 Å². The predicted octanol–water partition coefficient (Wildman–Crippen LogP) is 3.35. The van der Waals surface area contributed by atoms with E-state index in [2.05, 4.69) is 21.2 Å². The van der Waals surface area contributed by atoms with Crippen LogP contribution in [-0.4, -0.2) is 11.9 Å². The van der Waals surface area contributed by atoms with Crippen LogP contribution < -0.4 is 5.32 Å². The highest BCUT2D eigenvalue weighted by Gasteiger charge is 1.99. The molecule has 0 fully saturated rings. The first-order valence-corrected chi connectivity index (χ1v) is 5.94. The van der Waals surface area contributed by atoms with Gasteiger partial charge in [0.15, 0.2) is 0 Å². The van der Waals surface area contributed by atoms with Crippen LogP contribution in [0.15, 0.2) is 18.2 Å². The van der Waals surface area contributed by atoms with Crippen LogP contribution in [0.3, 0.4) is 0 Å². The molecule has 0 bridgehead atoms. The number of hydrogen-bond acceptors (Lipinski definition) is 1. The highest BCUT2D eigenvalue weighted by atomic mass is 79.9. The summed E-state index contributed by atoms with van der Waals surface area (Å²) in [6.45, 7) is 1.61. The molecule has 1 aromatic carbocycles. The summed E-state index contributed by atoms with van der Waals surface area (Å²) >= 11 is 8.90. The van der Waals surface area contributed by atoms with Crippen LogP contribution in [0.2, 0.25) is 5.02 Å². The third-order valence-electron chi connectivity index (χ3n) is 1.80. The van der Waals surface area contributed by atoms with E-state index in [1.54, 1.807) is 6.07 Å². The normalized spacial score (nSPS) is 10.5. The molecule has 1 nitrogen and oxygen atoms in total. The number of halogens is 3. The van der Waals surface area contributed by atoms with Crippen molar-refractivity contribution in [3.05, 3.63) is 34.6 Å². The van der Waals surface area contributed by atoms with Gasteiger partial charge in [0.1, 0.15) is 5.82 Å². The van der Waals surface area contributed by atoms with Crippen molar-refractivity contribution in [2.75, 3.05) is 11.9 Å². The maximum Gasteiger partial charge on any atom is 0.142 e. The number of alkyl halides is 1. The fourth-order valence-electron chi connectivity index (χ4n) is 1.07. The van der Waals surface area contributed by atoms with Gasteiger partial charge in [0.05, 0.1) is 5.02 Å². The van der Waals surface area contributed by atoms with E-state index in [1.807, 2.05) is 6.07 Å². The first-order valence-electron chi connectivity index (χ1n) is 4.44. The van der Waals surface area contributed by atoms with E-state index >= 15 is 0 Å². The molecule has 0 heterocycles. The van der Waals surface area contributed by atoms with Gasteiger partial charge in [-0.05, 0) is 30.7 Å². The van der Waals surface area contributed by atoms with Gasteiger partial charge in [0.25, 0.3) is 0 Å². The number of benzene rings is 1. The molecule has 0 atom stereocenters. The molecule has 1 rings (SSSR count). The summed E-state index contributed by atoms with van der Waals surface area (Å²) in [5, 5.41) is 4.37. The van der Waals surface area contributed by atoms with Crippen molar-refractivity contribution in [2.24, 2.45) is 0 Å². The lowest BCUT2D eigenvalue weighted by Crippen LogP contribution is -2.14. The Balaban J connectivity index is 2.39. The third-order valence-corrected chi connectivity index (χ3v) is 2.67. The summed E-state index contributed by atoms with van der Waals surface area (Å²) in [6, 6.07) is 4.87. The molecule has 0 aliphatic heterocycles. The summed E-state index contributed by atoms with van der Waals surface area (Å²) in [6.07, 6.45) is 1.07. The molecule has 0 aliphatic carbocycles. The fourth-order valence-corrected chi connectivity index (χ4v) is 1.47. The minimum absolute atomic E-state index is 0.175. The van der Waals surface area contributed by atoms with Crippen LogP contribution in [0.4, 0.5) is 4.39 Å². The molecule has 14 heavy (non-hydrogen) atoms. The molecule has 0 spiro atoms. The zero-order valence-corrected chi connectivity index (χ0v) is 10.0. The maximum atomic E-state index is 13.0. The first-order chi connectivity index (χ1) is 6.74. The number of hydrogen-bond donors (Lipinski definition) is 1. The van der Waals surface area contributed by atoms with E-state index < -0.39 is 0 Å². The molecule has 0 amide bonds. The van der Waals surface area contributed by atoms with Gasteiger partial charge in [0, 0.05) is 11.9 Å². The van der Waals surface area contributed by atoms with Crippen LogP contribution >= 0.6 is 27.5 Å². The van der Waals surface area contributed by atoms with Crippen LogP contribution in [0, 0.1) is 5.82 Å². The largest absolute Gasteiger partial charge is 0.313 e. The van der Waals surface area contributed by atoms with Crippen molar-refractivity contribution < 1.29 is 4.39 Å². The molecule has 4 heteroatoms. The summed E-state index contributed by atoms with van der Waals surface area (Å²) < 4.78 is 13.0. The number of rotatable bonds is 5. The second-order valence-electron chi connectivity index (χ2n) is 2.97. The number of nitrogens with one attached hydrogen (secondary N) is 1. The van der Waals surface area contributed by atoms with E-state index in [9.17, 15) is 4.39 Å². The van der Waals surface area contributed by atoms with Crippen LogP contribution in [-0.2, 0) is 6.54 Å². The van der Waals surface area contributed by atoms with E-state index in [0.717, 1.165) is 23.9 Å². The Morgan fingerprint density at radius 3 is 2.86 bits per heavy atom. The molecule has 0 aliphatic rings. The Morgan fingerprint density at radius 1 is 1.43 bits per heavy atom. The van der Waals surface area contributed by atoms with Crippen molar-refractivity contribution in [3.63, 3.8) is 0 Å². The molecule has 1 N–H and O–H groups in total. The van der Waals surface area contributed by atoms with Crippen molar-refractivity contribution in [3.8, 4) is 0 Å². The lowest BCUT2D eigenvalue weighted by Gasteiger charge is -2.04. The molecular formula is C10H12BrClFN. The van der Waals surface area contributed by atoms with E-state index in [0.29, 0.717) is 6.54 Å². The molecule has 0 unspecified atom stereocenters. The van der Waals surface area contributed by atoms with Crippen molar-refractivity contribution in [1.82, 2.24) is 5.32 Å². The average molecular weight is 281 g/mol. The first kappa shape index (κ1) is 12.0. The highest BCUT2D eigenvalue weighted by Crippen LogP contribution is 2.15. The molecular weight excluding hydrogens is 268 g/mol. The zero-order chi connectivity index (χ0) is 10.4. The zero-order valence-electron chi connectivity index (χ0n) is 7.69. The quantitative estimate of drug-likeness (QED) is 0.644. The van der Waals surface area contributed by atoms with Crippen LogP contribution in [0.1, 0.15) is 12.0 Å². The Labute approximate surface area is 96.8 Å². The van der Waals surface area contributed by atoms with Crippen molar-refractivity contribution in [1.29, 1.82) is 0 Å². The lowest BCUT2D eigenvalue weighted by atomic mass is 10.2. The molecule has 0 saturated heterocycles. The summed E-state index contributed by atoms with van der Waals surface area (Å²) in [5.41, 5.74) is 0.918. The van der Waals surface area contributed by atoms with Gasteiger partial charge < -0.3 is 5.32 Å². The molecule has 78 valence electrons. The van der Waals surface area contributed by atoms with E-state index in [1.165, 1.54) is 6.07 Å². The second kappa shape index (κ2) is 6.38. The van der Waals surface area contributed by atoms with Gasteiger partial charge in [0.2, 0.25) is 0 Å². The van der Waals surface area contributed by atoms with Crippen LogP contribution in [0.5, 0.6) is 0 Å². The lowest BCUT2D eigenvalue weighted by molar-refractivity contribution is 0.620. The van der Waals surface area contributed by atoms with Gasteiger partial charge in [-0.3, -0.25) is 0 Å². The Kier molecular flexibility index (Phi) is 5.45. The summed E-state index contributed by atoms with van der Waals surface area (Å²) in [5.74, 6) is -0.355. The minimum Gasteiger partial charge on any atom is -0.313 e. The summed E-state index contributed by atoms with van der Waals surface area (Å²) in [4.78, 5) is 0. The summed E-state index contributed by atoms with van der Waals surface area (Å²) in [7, 11) is 0. The fraction of sp³-hybridized carbons (Fsp3) is 0.400.